The first-order chi connectivity index (χ1) is 4.36. The molecule has 2 unspecified atom stereocenters. The van der Waals surface area contributed by atoms with Crippen LogP contribution in [0.4, 0.5) is 0 Å². The highest BCUT2D eigenvalue weighted by Gasteiger charge is 2.35. The van der Waals surface area contributed by atoms with Crippen LogP contribution in [-0.4, -0.2) is 17.5 Å². The molecule has 1 aliphatic heterocycles. The molecule has 2 fully saturated rings. The van der Waals surface area contributed by atoms with Gasteiger partial charge < -0.3 is 5.73 Å². The van der Waals surface area contributed by atoms with Crippen molar-refractivity contribution in [2.24, 2.45) is 17.6 Å². The Hall–Kier alpha value is 0.600. The molecule has 2 aliphatic rings. The van der Waals surface area contributed by atoms with E-state index in [1.807, 2.05) is 0 Å². The fourth-order valence-corrected chi connectivity index (χ4v) is 3.60. The lowest BCUT2D eigenvalue weighted by atomic mass is 10.0. The second kappa shape index (κ2) is 3.33. The molecule has 0 bridgehead atoms. The second-order valence-electron chi connectivity index (χ2n) is 3.29. The predicted molar refractivity (Wildman–Crippen MR) is 48.8 cm³/mol. The summed E-state index contributed by atoms with van der Waals surface area (Å²) in [5.74, 6) is 4.76. The molecular weight excluding hydrogens is 166 g/mol. The van der Waals surface area contributed by atoms with Crippen LogP contribution in [-0.2, 0) is 0 Å². The zero-order chi connectivity index (χ0) is 6.27. The zero-order valence-electron chi connectivity index (χ0n) is 5.95. The summed E-state index contributed by atoms with van der Waals surface area (Å²) in [4.78, 5) is 0. The molecule has 2 rings (SSSR count). The van der Waals surface area contributed by atoms with Crippen LogP contribution in [0.1, 0.15) is 12.8 Å². The molecule has 2 N–H and O–H groups in total. The number of fused-ring (bicyclic) bond motifs is 1. The van der Waals surface area contributed by atoms with Crippen molar-refractivity contribution in [1.82, 2.24) is 0 Å². The summed E-state index contributed by atoms with van der Waals surface area (Å²) in [6.07, 6.45) is 2.61. The van der Waals surface area contributed by atoms with Gasteiger partial charge in [-0.1, -0.05) is 0 Å². The molecule has 0 radical (unpaired) electrons. The molecule has 0 aromatic heterocycles. The van der Waals surface area contributed by atoms with Crippen molar-refractivity contribution in [3.63, 3.8) is 0 Å². The summed E-state index contributed by atoms with van der Waals surface area (Å²) < 4.78 is 0. The molecule has 1 heterocycles. The van der Waals surface area contributed by atoms with E-state index in [-0.39, 0.29) is 12.4 Å². The van der Waals surface area contributed by atoms with Gasteiger partial charge in [0.25, 0.3) is 0 Å². The van der Waals surface area contributed by atoms with Crippen LogP contribution in [0.25, 0.3) is 0 Å². The van der Waals surface area contributed by atoms with E-state index in [1.165, 1.54) is 24.3 Å². The van der Waals surface area contributed by atoms with Gasteiger partial charge in [0.15, 0.2) is 0 Å². The van der Waals surface area contributed by atoms with Gasteiger partial charge in [-0.15, -0.1) is 12.4 Å². The van der Waals surface area contributed by atoms with Gasteiger partial charge in [0, 0.05) is 6.04 Å². The summed E-state index contributed by atoms with van der Waals surface area (Å²) in [6.45, 7) is 0. The minimum Gasteiger partial charge on any atom is -0.328 e. The lowest BCUT2D eigenvalue weighted by Gasteiger charge is -2.02. The van der Waals surface area contributed by atoms with Gasteiger partial charge in [0.1, 0.15) is 0 Å². The van der Waals surface area contributed by atoms with Crippen molar-refractivity contribution in [1.29, 1.82) is 0 Å². The minimum atomic E-state index is 0. The van der Waals surface area contributed by atoms with Gasteiger partial charge >= 0.3 is 0 Å². The van der Waals surface area contributed by atoms with E-state index in [0.717, 1.165) is 11.8 Å². The Bertz CT molecular complexity index is 108. The highest BCUT2D eigenvalue weighted by molar-refractivity contribution is 7.99. The molecule has 60 valence electrons. The maximum Gasteiger partial charge on any atom is 0.00449 e. The molecule has 1 aliphatic carbocycles. The number of thioether (sulfide) groups is 1. The summed E-state index contributed by atoms with van der Waals surface area (Å²) >= 11 is 2.11. The molecule has 0 aromatic rings. The van der Waals surface area contributed by atoms with E-state index in [9.17, 15) is 0 Å². The Kier molecular flexibility index (Phi) is 2.90. The van der Waals surface area contributed by atoms with E-state index >= 15 is 0 Å². The van der Waals surface area contributed by atoms with Crippen molar-refractivity contribution >= 4 is 24.2 Å². The number of hydrogen-bond donors (Lipinski definition) is 1. The Morgan fingerprint density at radius 3 is 2.10 bits per heavy atom. The minimum absolute atomic E-state index is 0. The molecule has 10 heavy (non-hydrogen) atoms. The highest BCUT2D eigenvalue weighted by Crippen LogP contribution is 2.41. The summed E-state index contributed by atoms with van der Waals surface area (Å²) in [7, 11) is 0. The third-order valence-corrected chi connectivity index (χ3v) is 3.87. The molecule has 1 saturated heterocycles. The van der Waals surface area contributed by atoms with Crippen molar-refractivity contribution in [3.05, 3.63) is 0 Å². The molecule has 1 saturated carbocycles. The van der Waals surface area contributed by atoms with E-state index in [4.69, 9.17) is 5.73 Å². The monoisotopic (exact) mass is 179 g/mol. The van der Waals surface area contributed by atoms with Gasteiger partial charge in [0.05, 0.1) is 0 Å². The van der Waals surface area contributed by atoms with Crippen LogP contribution >= 0.6 is 24.2 Å². The zero-order valence-corrected chi connectivity index (χ0v) is 7.59. The molecule has 0 spiro atoms. The van der Waals surface area contributed by atoms with Crippen molar-refractivity contribution in [3.8, 4) is 0 Å². The van der Waals surface area contributed by atoms with E-state index < -0.39 is 0 Å². The molecular formula is C7H14ClNS. The van der Waals surface area contributed by atoms with Crippen LogP contribution in [0.15, 0.2) is 0 Å². The van der Waals surface area contributed by atoms with Crippen molar-refractivity contribution in [2.75, 3.05) is 11.5 Å². The smallest absolute Gasteiger partial charge is 0.00449 e. The molecule has 0 amide bonds. The van der Waals surface area contributed by atoms with Crippen LogP contribution in [0.3, 0.4) is 0 Å². The van der Waals surface area contributed by atoms with Gasteiger partial charge in [0.2, 0.25) is 0 Å². The molecule has 0 aromatic carbocycles. The normalized spacial score (nSPS) is 44.7. The highest BCUT2D eigenvalue weighted by atomic mass is 35.5. The number of hydrogen-bond acceptors (Lipinski definition) is 2. The van der Waals surface area contributed by atoms with Gasteiger partial charge in [-0.25, -0.2) is 0 Å². The van der Waals surface area contributed by atoms with E-state index in [0.29, 0.717) is 6.04 Å². The number of halogens is 1. The number of nitrogens with two attached hydrogens (primary N) is 1. The van der Waals surface area contributed by atoms with Crippen LogP contribution in [0, 0.1) is 11.8 Å². The molecule has 1 nitrogen and oxygen atoms in total. The number of rotatable bonds is 0. The Morgan fingerprint density at radius 2 is 1.60 bits per heavy atom. The fourth-order valence-electron chi connectivity index (χ4n) is 2.04. The molecule has 2 atom stereocenters. The van der Waals surface area contributed by atoms with Crippen LogP contribution < -0.4 is 5.73 Å². The SMILES string of the molecule is Cl.NC1CC2CSCC2C1. The summed E-state index contributed by atoms with van der Waals surface area (Å²) in [5, 5.41) is 0. The predicted octanol–water partition coefficient (Wildman–Crippen LogP) is 1.51. The summed E-state index contributed by atoms with van der Waals surface area (Å²) in [5.41, 5.74) is 5.82. The largest absolute Gasteiger partial charge is 0.328 e. The maximum atomic E-state index is 5.82. The first-order valence-corrected chi connectivity index (χ1v) is 4.85. The van der Waals surface area contributed by atoms with Crippen LogP contribution in [0.2, 0.25) is 0 Å². The van der Waals surface area contributed by atoms with E-state index in [2.05, 4.69) is 11.8 Å². The third-order valence-electron chi connectivity index (χ3n) is 2.54. The quantitative estimate of drug-likeness (QED) is 0.610. The van der Waals surface area contributed by atoms with Crippen LogP contribution in [0.5, 0.6) is 0 Å². The van der Waals surface area contributed by atoms with Gasteiger partial charge in [-0.3, -0.25) is 0 Å². The third kappa shape index (κ3) is 1.44. The van der Waals surface area contributed by atoms with Crippen molar-refractivity contribution in [2.45, 2.75) is 18.9 Å². The Labute approximate surface area is 72.5 Å². The fraction of sp³-hybridized carbons (Fsp3) is 1.00. The average molecular weight is 180 g/mol. The van der Waals surface area contributed by atoms with Crippen molar-refractivity contribution < 1.29 is 0 Å². The van der Waals surface area contributed by atoms with Gasteiger partial charge in [-0.05, 0) is 36.2 Å². The average Bonchev–Trinajstić information content (AvgIpc) is 2.22. The second-order valence-corrected chi connectivity index (χ2v) is 4.36. The summed E-state index contributed by atoms with van der Waals surface area (Å²) in [6, 6.07) is 0.542. The Morgan fingerprint density at radius 1 is 1.10 bits per heavy atom. The standard InChI is InChI=1S/C7H13NS.ClH/c8-7-1-5-3-9-4-6(5)2-7;/h5-7H,1-4,8H2;1H. The maximum absolute atomic E-state index is 5.82. The molecule has 3 heteroatoms. The van der Waals surface area contributed by atoms with Gasteiger partial charge in [-0.2, -0.15) is 11.8 Å². The Balaban J connectivity index is 0.000000500. The first kappa shape index (κ1) is 8.69. The lowest BCUT2D eigenvalue weighted by molar-refractivity contribution is 0.494. The first-order valence-electron chi connectivity index (χ1n) is 3.69. The topological polar surface area (TPSA) is 26.0 Å². The van der Waals surface area contributed by atoms with E-state index in [1.54, 1.807) is 0 Å². The lowest BCUT2D eigenvalue weighted by Crippen LogP contribution is -2.15.